The Morgan fingerprint density at radius 3 is 1.53 bits per heavy atom. The first-order valence-corrected chi connectivity index (χ1v) is 23.3. The van der Waals surface area contributed by atoms with Crippen LogP contribution in [0.2, 0.25) is 0 Å². The highest BCUT2D eigenvalue weighted by Crippen LogP contribution is 2.51. The van der Waals surface area contributed by atoms with Gasteiger partial charge < -0.3 is 18.6 Å². The molecule has 2 bridgehead atoms. The van der Waals surface area contributed by atoms with E-state index in [1.54, 1.807) is 0 Å². The lowest BCUT2D eigenvalue weighted by Gasteiger charge is -2.34. The van der Waals surface area contributed by atoms with Gasteiger partial charge in [0.2, 0.25) is 0 Å². The standard InChI is InChI=1S/C59H44N2O2S/c1-36-15-19-39(20-16-36)60(42-24-27-57-52(34-42)48-11-5-7-13-55(48)62-57)41-23-26-50-51(33-41)46-9-3-4-10-47(46)54-31-38-29-44(32-45(30-38)64-59(50)54)61(40-21-17-37(2)18-22-40)43-25-28-58-53(35-43)49-12-6-8-14-56(49)63-58/h3-29,33-35,38,45H,30-32H2,1-2H3. The Balaban J connectivity index is 0.929. The van der Waals surface area contributed by atoms with Crippen LogP contribution in [0.1, 0.15) is 29.5 Å². The Morgan fingerprint density at radius 1 is 0.422 bits per heavy atom. The molecule has 1 aliphatic heterocycles. The van der Waals surface area contributed by atoms with E-state index in [0.29, 0.717) is 11.2 Å². The molecule has 5 heteroatoms. The second-order valence-corrected chi connectivity index (χ2v) is 19.1. The number of benzene rings is 9. The largest absolute Gasteiger partial charge is 0.456 e. The van der Waals surface area contributed by atoms with E-state index in [1.807, 2.05) is 12.1 Å². The first kappa shape index (κ1) is 37.4. The molecule has 1 aliphatic carbocycles. The van der Waals surface area contributed by atoms with Gasteiger partial charge in [0.25, 0.3) is 0 Å². The number of anilines is 5. The van der Waals surface area contributed by atoms with Gasteiger partial charge in [-0.05, 0) is 151 Å². The lowest BCUT2D eigenvalue weighted by Crippen LogP contribution is -2.25. The summed E-state index contributed by atoms with van der Waals surface area (Å²) in [6.45, 7) is 4.32. The lowest BCUT2D eigenvalue weighted by molar-refractivity contribution is 0.538. The van der Waals surface area contributed by atoms with Crippen LogP contribution >= 0.6 is 11.8 Å². The van der Waals surface area contributed by atoms with Crippen molar-refractivity contribution in [3.05, 3.63) is 204 Å². The van der Waals surface area contributed by atoms with Crippen molar-refractivity contribution < 1.29 is 8.83 Å². The van der Waals surface area contributed by atoms with Crippen molar-refractivity contribution in [3.8, 4) is 0 Å². The summed E-state index contributed by atoms with van der Waals surface area (Å²) in [5.74, 6) is 0.403. The zero-order valence-electron chi connectivity index (χ0n) is 35.7. The average molecular weight is 845 g/mol. The molecule has 11 aromatic rings. The van der Waals surface area contributed by atoms with Gasteiger partial charge in [0.1, 0.15) is 22.3 Å². The zero-order chi connectivity index (χ0) is 42.5. The molecule has 0 fully saturated rings. The summed E-state index contributed by atoms with van der Waals surface area (Å²) in [6.07, 6.45) is 5.72. The van der Waals surface area contributed by atoms with Crippen molar-refractivity contribution in [2.45, 2.75) is 43.3 Å². The first-order valence-electron chi connectivity index (χ1n) is 22.4. The van der Waals surface area contributed by atoms with Crippen LogP contribution in [0.15, 0.2) is 201 Å². The molecule has 0 saturated carbocycles. The first-order chi connectivity index (χ1) is 31.5. The summed E-state index contributed by atoms with van der Waals surface area (Å²) in [6, 6.07) is 64.3. The number of nitrogens with zero attached hydrogens (tertiary/aromatic N) is 2. The van der Waals surface area contributed by atoms with Gasteiger partial charge in [0.05, 0.1) is 0 Å². The monoisotopic (exact) mass is 844 g/mol. The van der Waals surface area contributed by atoms with Crippen LogP contribution in [0.4, 0.5) is 28.4 Å². The minimum absolute atomic E-state index is 0.403. The van der Waals surface area contributed by atoms with Gasteiger partial charge >= 0.3 is 0 Å². The normalized spacial score (nSPS) is 16.1. The highest BCUT2D eigenvalue weighted by molar-refractivity contribution is 8.00. The number of hydrogen-bond donors (Lipinski definition) is 0. The van der Waals surface area contributed by atoms with Crippen LogP contribution in [0, 0.1) is 19.8 Å². The summed E-state index contributed by atoms with van der Waals surface area (Å²) < 4.78 is 12.6. The minimum atomic E-state index is 0.403. The maximum atomic E-state index is 6.29. The summed E-state index contributed by atoms with van der Waals surface area (Å²) >= 11 is 2.10. The van der Waals surface area contributed by atoms with Gasteiger partial charge in [-0.15, -0.1) is 11.8 Å². The van der Waals surface area contributed by atoms with E-state index in [1.165, 1.54) is 54.5 Å². The van der Waals surface area contributed by atoms with Gasteiger partial charge in [-0.3, -0.25) is 0 Å². The number of para-hydroxylation sites is 2. The van der Waals surface area contributed by atoms with E-state index in [2.05, 4.69) is 205 Å². The molecule has 2 aliphatic rings. The SMILES string of the molecule is Cc1ccc(N(C2=CC3Cc4c(c5ccc(N(c6ccc(C)cc6)c6ccc7oc8ccccc8c7c6)cc5c5ccccc45)SC(C2)C3)c2ccc3oc4ccccc4c3c2)cc1. The molecule has 0 amide bonds. The molecule has 9 aromatic carbocycles. The van der Waals surface area contributed by atoms with Gasteiger partial charge in [-0.1, -0.05) is 108 Å². The van der Waals surface area contributed by atoms with Crippen molar-refractivity contribution in [3.63, 3.8) is 0 Å². The third-order valence-electron chi connectivity index (χ3n) is 13.6. The number of aryl methyl sites for hydroxylation is 2. The number of rotatable bonds is 6. The Hall–Kier alpha value is -7.21. The van der Waals surface area contributed by atoms with E-state index in [4.69, 9.17) is 8.83 Å². The highest BCUT2D eigenvalue weighted by Gasteiger charge is 2.33. The van der Waals surface area contributed by atoms with E-state index in [-0.39, 0.29) is 0 Å². The maximum absolute atomic E-state index is 6.29. The molecule has 0 spiro atoms. The molecular weight excluding hydrogens is 801 g/mol. The molecule has 4 nitrogen and oxygen atoms in total. The molecule has 2 aromatic heterocycles. The molecule has 64 heavy (non-hydrogen) atoms. The van der Waals surface area contributed by atoms with Gasteiger partial charge in [0, 0.05) is 65.8 Å². The Bertz CT molecular complexity index is 3670. The topological polar surface area (TPSA) is 32.8 Å². The third kappa shape index (κ3) is 6.13. The Morgan fingerprint density at radius 2 is 0.906 bits per heavy atom. The zero-order valence-corrected chi connectivity index (χ0v) is 36.5. The summed E-state index contributed by atoms with van der Waals surface area (Å²) in [5, 5.41) is 10.3. The van der Waals surface area contributed by atoms with Crippen LogP contribution in [-0.4, -0.2) is 5.25 Å². The Labute approximate surface area is 376 Å². The van der Waals surface area contributed by atoms with Crippen molar-refractivity contribution >= 4 is 106 Å². The number of fused-ring (bicyclic) bond motifs is 14. The maximum Gasteiger partial charge on any atom is 0.135 e. The molecule has 3 heterocycles. The predicted octanol–water partition coefficient (Wildman–Crippen LogP) is 17.0. The average Bonchev–Trinajstić information content (AvgIpc) is 3.85. The second kappa shape index (κ2) is 14.7. The van der Waals surface area contributed by atoms with Crippen molar-refractivity contribution in [2.75, 3.05) is 9.80 Å². The fourth-order valence-electron chi connectivity index (χ4n) is 10.6. The molecule has 308 valence electrons. The summed E-state index contributed by atoms with van der Waals surface area (Å²) in [4.78, 5) is 6.35. The third-order valence-corrected chi connectivity index (χ3v) is 15.0. The van der Waals surface area contributed by atoms with Crippen LogP contribution < -0.4 is 9.80 Å². The number of hydrogen-bond acceptors (Lipinski definition) is 5. The highest BCUT2D eigenvalue weighted by atomic mass is 32.2. The quantitative estimate of drug-likeness (QED) is 0.156. The molecule has 2 unspecified atom stereocenters. The van der Waals surface area contributed by atoms with Crippen LogP contribution in [0.25, 0.3) is 65.4 Å². The minimum Gasteiger partial charge on any atom is -0.456 e. The van der Waals surface area contributed by atoms with Crippen molar-refractivity contribution in [1.82, 2.24) is 0 Å². The van der Waals surface area contributed by atoms with E-state index in [0.717, 1.165) is 85.9 Å². The molecule has 0 radical (unpaired) electrons. The van der Waals surface area contributed by atoms with Crippen LogP contribution in [0.5, 0.6) is 0 Å². The molecule has 2 atom stereocenters. The van der Waals surface area contributed by atoms with E-state index < -0.39 is 0 Å². The Kier molecular flexibility index (Phi) is 8.57. The van der Waals surface area contributed by atoms with Crippen LogP contribution in [-0.2, 0) is 6.42 Å². The second-order valence-electron chi connectivity index (χ2n) is 17.8. The van der Waals surface area contributed by atoms with Gasteiger partial charge in [0.15, 0.2) is 0 Å². The van der Waals surface area contributed by atoms with Gasteiger partial charge in [-0.2, -0.15) is 0 Å². The summed E-state index contributed by atoms with van der Waals surface area (Å²) in [7, 11) is 0. The van der Waals surface area contributed by atoms with Crippen molar-refractivity contribution in [2.24, 2.45) is 5.92 Å². The van der Waals surface area contributed by atoms with Crippen molar-refractivity contribution in [1.29, 1.82) is 0 Å². The number of allylic oxidation sites excluding steroid dienone is 2. The molecular formula is C59H44N2O2S. The summed E-state index contributed by atoms with van der Waals surface area (Å²) in [5.41, 5.74) is 14.7. The predicted molar refractivity (Wildman–Crippen MR) is 269 cm³/mol. The molecule has 0 saturated heterocycles. The number of thioether (sulfide) groups is 1. The fraction of sp³-hybridized carbons (Fsp3) is 0.119. The lowest BCUT2D eigenvalue weighted by atomic mass is 9.85. The fourth-order valence-corrected chi connectivity index (χ4v) is 12.2. The van der Waals surface area contributed by atoms with Gasteiger partial charge in [-0.25, -0.2) is 0 Å². The van der Waals surface area contributed by atoms with E-state index >= 15 is 0 Å². The number of furan rings is 2. The molecule has 13 rings (SSSR count). The smallest absolute Gasteiger partial charge is 0.135 e. The van der Waals surface area contributed by atoms with E-state index in [9.17, 15) is 0 Å². The van der Waals surface area contributed by atoms with Crippen LogP contribution in [0.3, 0.4) is 0 Å². The molecule has 0 N–H and O–H groups in total.